The fraction of sp³-hybridized carbons (Fsp3) is 0.241. The molecule has 36 heavy (non-hydrogen) atoms. The number of hydrogen-bond acceptors (Lipinski definition) is 5. The third kappa shape index (κ3) is 5.75. The number of hydrogen-bond donors (Lipinski definition) is 2. The van der Waals surface area contributed by atoms with Gasteiger partial charge in [0.05, 0.1) is 20.3 Å². The first-order valence-corrected chi connectivity index (χ1v) is 11.8. The zero-order valence-electron chi connectivity index (χ0n) is 21.3. The predicted octanol–water partition coefficient (Wildman–Crippen LogP) is 5.20. The van der Waals surface area contributed by atoms with Crippen LogP contribution in [0.1, 0.15) is 29.7 Å². The van der Waals surface area contributed by atoms with E-state index in [0.717, 1.165) is 39.8 Å². The number of rotatable bonds is 9. The van der Waals surface area contributed by atoms with Crippen LogP contribution in [0.2, 0.25) is 0 Å². The molecule has 0 saturated carbocycles. The van der Waals surface area contributed by atoms with E-state index in [-0.39, 0.29) is 11.9 Å². The summed E-state index contributed by atoms with van der Waals surface area (Å²) >= 11 is 0. The zero-order valence-corrected chi connectivity index (χ0v) is 21.3. The molecule has 7 nitrogen and oxygen atoms in total. The third-order valence-electron chi connectivity index (χ3n) is 6.03. The molecule has 0 radical (unpaired) electrons. The number of carbonyl (C=O) groups excluding carboxylic acids is 1. The number of H-pyrrole nitrogens is 1. The van der Waals surface area contributed by atoms with Gasteiger partial charge in [0.25, 0.3) is 0 Å². The highest BCUT2D eigenvalue weighted by molar-refractivity contribution is 5.96. The second kappa shape index (κ2) is 11.1. The second-order valence-electron chi connectivity index (χ2n) is 8.98. The molecule has 0 bridgehead atoms. The first kappa shape index (κ1) is 25.0. The number of benzene rings is 2. The number of carbonyl (C=O) groups is 1. The van der Waals surface area contributed by atoms with Gasteiger partial charge < -0.3 is 24.7 Å². The van der Waals surface area contributed by atoms with E-state index in [1.807, 2.05) is 37.5 Å². The normalized spacial score (nSPS) is 12.3. The molecule has 0 fully saturated rings. The van der Waals surface area contributed by atoms with Gasteiger partial charge in [-0.2, -0.15) is 0 Å². The lowest BCUT2D eigenvalue weighted by molar-refractivity contribution is -0.117. The first-order chi connectivity index (χ1) is 17.4. The van der Waals surface area contributed by atoms with Crippen LogP contribution in [-0.4, -0.2) is 49.1 Å². The Morgan fingerprint density at radius 3 is 2.50 bits per heavy atom. The summed E-state index contributed by atoms with van der Waals surface area (Å²) in [6, 6.07) is 16.0. The van der Waals surface area contributed by atoms with Gasteiger partial charge in [0.1, 0.15) is 5.65 Å². The minimum Gasteiger partial charge on any atom is -0.493 e. The number of amides is 1. The molecule has 2 aromatic heterocycles. The van der Waals surface area contributed by atoms with Crippen LogP contribution in [-0.2, 0) is 11.3 Å². The van der Waals surface area contributed by atoms with E-state index in [1.165, 1.54) is 5.56 Å². The number of fused-ring (bicyclic) bond motifs is 1. The van der Waals surface area contributed by atoms with Crippen molar-refractivity contribution in [1.29, 1.82) is 0 Å². The number of aromatic amines is 1. The fourth-order valence-corrected chi connectivity index (χ4v) is 4.12. The van der Waals surface area contributed by atoms with E-state index in [2.05, 4.69) is 64.6 Å². The molecule has 4 rings (SSSR count). The Morgan fingerprint density at radius 1 is 1.06 bits per heavy atom. The third-order valence-corrected chi connectivity index (χ3v) is 6.03. The number of nitrogens with zero attached hydrogens (tertiary/aromatic N) is 2. The first-order valence-electron chi connectivity index (χ1n) is 11.8. The highest BCUT2D eigenvalue weighted by Gasteiger charge is 2.12. The topological polar surface area (TPSA) is 79.5 Å². The molecule has 0 saturated heterocycles. The molecule has 0 aliphatic rings. The lowest BCUT2D eigenvalue weighted by Crippen LogP contribution is -2.24. The van der Waals surface area contributed by atoms with Gasteiger partial charge in [-0.25, -0.2) is 4.98 Å². The molecular weight excluding hydrogens is 452 g/mol. The van der Waals surface area contributed by atoms with Crippen LogP contribution in [0, 0.1) is 0 Å². The Labute approximate surface area is 211 Å². The van der Waals surface area contributed by atoms with E-state index in [1.54, 1.807) is 26.4 Å². The van der Waals surface area contributed by atoms with Crippen molar-refractivity contribution in [2.45, 2.75) is 19.5 Å². The summed E-state index contributed by atoms with van der Waals surface area (Å²) in [5.74, 6) is 1.09. The minimum atomic E-state index is -0.200. The number of methoxy groups -OCH3 is 2. The Bertz CT molecular complexity index is 1370. The SMILES string of the molecule is COc1ccc([C@@H](C)NC(=O)/C=C/c2c[nH]c3ncc(-c4ccc(CN(C)C)cc4)cc23)cc1OC. The average molecular weight is 485 g/mol. The largest absolute Gasteiger partial charge is 0.493 e. The summed E-state index contributed by atoms with van der Waals surface area (Å²) in [6.45, 7) is 2.83. The summed E-state index contributed by atoms with van der Waals surface area (Å²) in [4.78, 5) is 22.6. The molecule has 2 heterocycles. The number of nitrogens with one attached hydrogen (secondary N) is 2. The summed E-state index contributed by atoms with van der Waals surface area (Å²) in [6.07, 6.45) is 7.08. The minimum absolute atomic E-state index is 0.188. The van der Waals surface area contributed by atoms with Crippen LogP contribution < -0.4 is 14.8 Å². The summed E-state index contributed by atoms with van der Waals surface area (Å²) in [7, 11) is 7.31. The summed E-state index contributed by atoms with van der Waals surface area (Å²) in [5.41, 5.74) is 5.99. The van der Waals surface area contributed by atoms with Crippen molar-refractivity contribution in [3.05, 3.63) is 83.7 Å². The fourth-order valence-electron chi connectivity index (χ4n) is 4.12. The molecule has 1 amide bonds. The van der Waals surface area contributed by atoms with E-state index in [9.17, 15) is 4.79 Å². The number of ether oxygens (including phenoxy) is 2. The van der Waals surface area contributed by atoms with Crippen LogP contribution in [0.3, 0.4) is 0 Å². The van der Waals surface area contributed by atoms with Gasteiger partial charge in [0.2, 0.25) is 5.91 Å². The van der Waals surface area contributed by atoms with Gasteiger partial charge >= 0.3 is 0 Å². The second-order valence-corrected chi connectivity index (χ2v) is 8.98. The van der Waals surface area contributed by atoms with Crippen molar-refractivity contribution < 1.29 is 14.3 Å². The van der Waals surface area contributed by atoms with Crippen molar-refractivity contribution in [1.82, 2.24) is 20.2 Å². The Hall–Kier alpha value is -4.10. The van der Waals surface area contributed by atoms with E-state index < -0.39 is 0 Å². The molecule has 2 N–H and O–H groups in total. The standard InChI is InChI=1S/C29H32N4O3/c1-19(22-10-12-26(35-4)27(15-22)36-5)32-28(34)13-11-23-16-30-29-25(23)14-24(17-31-29)21-8-6-20(7-9-21)18-33(2)3/h6-17,19H,18H2,1-5H3,(H,30,31)(H,32,34)/b13-11+/t19-/m1/s1. The number of aromatic nitrogens is 2. The van der Waals surface area contributed by atoms with E-state index in [4.69, 9.17) is 9.47 Å². The van der Waals surface area contributed by atoms with Crippen LogP contribution in [0.15, 0.2) is 67.0 Å². The van der Waals surface area contributed by atoms with Gasteiger partial charge in [-0.05, 0) is 62.0 Å². The van der Waals surface area contributed by atoms with Crippen molar-refractivity contribution in [3.8, 4) is 22.6 Å². The maximum absolute atomic E-state index is 12.6. The van der Waals surface area contributed by atoms with Crippen LogP contribution >= 0.6 is 0 Å². The lowest BCUT2D eigenvalue weighted by atomic mass is 10.0. The van der Waals surface area contributed by atoms with Crippen LogP contribution in [0.25, 0.3) is 28.2 Å². The van der Waals surface area contributed by atoms with Gasteiger partial charge in [-0.15, -0.1) is 0 Å². The van der Waals surface area contributed by atoms with Gasteiger partial charge in [-0.3, -0.25) is 4.79 Å². The smallest absolute Gasteiger partial charge is 0.244 e. The lowest BCUT2D eigenvalue weighted by Gasteiger charge is -2.15. The molecule has 186 valence electrons. The van der Waals surface area contributed by atoms with Crippen molar-refractivity contribution in [2.75, 3.05) is 28.3 Å². The highest BCUT2D eigenvalue weighted by atomic mass is 16.5. The maximum atomic E-state index is 12.6. The molecule has 1 atom stereocenters. The van der Waals surface area contributed by atoms with Crippen molar-refractivity contribution >= 4 is 23.0 Å². The Balaban J connectivity index is 1.48. The Morgan fingerprint density at radius 2 is 1.81 bits per heavy atom. The van der Waals surface area contributed by atoms with Crippen LogP contribution in [0.4, 0.5) is 0 Å². The monoisotopic (exact) mass is 484 g/mol. The average Bonchev–Trinajstić information content (AvgIpc) is 3.29. The summed E-state index contributed by atoms with van der Waals surface area (Å²) < 4.78 is 10.7. The van der Waals surface area contributed by atoms with Gasteiger partial charge in [0, 0.05) is 41.5 Å². The molecule has 7 heteroatoms. The van der Waals surface area contributed by atoms with E-state index in [0.29, 0.717) is 11.5 Å². The quantitative estimate of drug-likeness (QED) is 0.319. The zero-order chi connectivity index (χ0) is 25.7. The molecule has 2 aromatic carbocycles. The van der Waals surface area contributed by atoms with Crippen molar-refractivity contribution in [2.24, 2.45) is 0 Å². The maximum Gasteiger partial charge on any atom is 0.244 e. The molecule has 0 spiro atoms. The Kier molecular flexibility index (Phi) is 7.71. The van der Waals surface area contributed by atoms with Gasteiger partial charge in [-0.1, -0.05) is 30.3 Å². The predicted molar refractivity (Wildman–Crippen MR) is 144 cm³/mol. The molecule has 0 unspecified atom stereocenters. The summed E-state index contributed by atoms with van der Waals surface area (Å²) in [5, 5.41) is 3.96. The molecule has 0 aliphatic carbocycles. The number of pyridine rings is 1. The molecule has 4 aromatic rings. The van der Waals surface area contributed by atoms with Crippen LogP contribution in [0.5, 0.6) is 11.5 Å². The highest BCUT2D eigenvalue weighted by Crippen LogP contribution is 2.30. The van der Waals surface area contributed by atoms with Gasteiger partial charge in [0.15, 0.2) is 11.5 Å². The molecule has 0 aliphatic heterocycles. The van der Waals surface area contributed by atoms with E-state index >= 15 is 0 Å². The molecular formula is C29H32N4O3. The van der Waals surface area contributed by atoms with Crippen molar-refractivity contribution in [3.63, 3.8) is 0 Å².